The summed E-state index contributed by atoms with van der Waals surface area (Å²) >= 11 is 0. The topological polar surface area (TPSA) is 89.6 Å². The number of methoxy groups -OCH3 is 1. The number of pyridine rings is 1. The summed E-state index contributed by atoms with van der Waals surface area (Å²) in [6.07, 6.45) is 3.52. The molecule has 152 valence electrons. The van der Waals surface area contributed by atoms with E-state index in [1.54, 1.807) is 31.2 Å². The summed E-state index contributed by atoms with van der Waals surface area (Å²) < 4.78 is 23.9. The molecule has 0 radical (unpaired) electrons. The van der Waals surface area contributed by atoms with Crippen LogP contribution in [-0.4, -0.2) is 41.6 Å². The van der Waals surface area contributed by atoms with Gasteiger partial charge in [-0.3, -0.25) is 9.59 Å². The molecule has 3 saturated carbocycles. The largest absolute Gasteiger partial charge is 0.484 e. The molecule has 2 bridgehead atoms. The van der Waals surface area contributed by atoms with Crippen molar-refractivity contribution >= 4 is 11.8 Å². The van der Waals surface area contributed by atoms with Gasteiger partial charge in [-0.25, -0.2) is 9.37 Å². The van der Waals surface area contributed by atoms with Gasteiger partial charge < -0.3 is 20.1 Å². The molecule has 8 heteroatoms. The molecular weight excluding hydrogens is 377 g/mol. The number of hydrogen-bond donors (Lipinski definition) is 2. The van der Waals surface area contributed by atoms with Gasteiger partial charge in [-0.05, 0) is 43.9 Å². The van der Waals surface area contributed by atoms with E-state index in [1.807, 2.05) is 0 Å². The smallest absolute Gasteiger partial charge is 0.258 e. The van der Waals surface area contributed by atoms with Crippen molar-refractivity contribution in [3.8, 4) is 11.6 Å². The minimum atomic E-state index is -0.368. The van der Waals surface area contributed by atoms with Crippen molar-refractivity contribution in [3.63, 3.8) is 0 Å². The molecule has 3 aliphatic carbocycles. The molecule has 5 rings (SSSR count). The van der Waals surface area contributed by atoms with E-state index in [0.717, 1.165) is 0 Å². The van der Waals surface area contributed by atoms with E-state index >= 15 is 0 Å². The molecule has 0 unspecified atom stereocenters. The van der Waals surface area contributed by atoms with Crippen LogP contribution in [0.3, 0.4) is 0 Å². The molecule has 1 heterocycles. The summed E-state index contributed by atoms with van der Waals surface area (Å²) in [6.45, 7) is 1.48. The number of aromatic nitrogens is 1. The van der Waals surface area contributed by atoms with Crippen LogP contribution in [0, 0.1) is 12.7 Å². The van der Waals surface area contributed by atoms with E-state index in [4.69, 9.17) is 9.47 Å². The van der Waals surface area contributed by atoms with Gasteiger partial charge in [0.15, 0.2) is 6.61 Å². The average Bonchev–Trinajstić information content (AvgIpc) is 2.66. The van der Waals surface area contributed by atoms with Crippen molar-refractivity contribution in [2.75, 3.05) is 13.7 Å². The molecule has 0 aliphatic heterocycles. The number of benzene rings is 1. The molecule has 0 atom stereocenters. The van der Waals surface area contributed by atoms with Gasteiger partial charge in [-0.2, -0.15) is 0 Å². The van der Waals surface area contributed by atoms with Crippen molar-refractivity contribution < 1.29 is 23.5 Å². The van der Waals surface area contributed by atoms with Gasteiger partial charge in [0.2, 0.25) is 5.88 Å². The van der Waals surface area contributed by atoms with E-state index in [-0.39, 0.29) is 35.3 Å². The zero-order valence-electron chi connectivity index (χ0n) is 16.3. The Morgan fingerprint density at radius 2 is 1.86 bits per heavy atom. The number of nitrogens with one attached hydrogen (secondary N) is 2. The van der Waals surface area contributed by atoms with E-state index < -0.39 is 0 Å². The fourth-order valence-corrected chi connectivity index (χ4v) is 4.15. The minimum Gasteiger partial charge on any atom is -0.484 e. The lowest BCUT2D eigenvalue weighted by Crippen LogP contribution is -2.84. The Labute approximate surface area is 167 Å². The number of carbonyl (C=O) groups excluding carboxylic acids is 2. The lowest BCUT2D eigenvalue weighted by molar-refractivity contribution is -0.141. The molecule has 2 N–H and O–H groups in total. The molecule has 29 heavy (non-hydrogen) atoms. The number of rotatable bonds is 7. The number of amides is 2. The van der Waals surface area contributed by atoms with Gasteiger partial charge in [0.25, 0.3) is 11.8 Å². The third-order valence-electron chi connectivity index (χ3n) is 5.53. The first-order valence-corrected chi connectivity index (χ1v) is 9.35. The van der Waals surface area contributed by atoms with Crippen molar-refractivity contribution in [2.45, 2.75) is 37.3 Å². The second kappa shape index (κ2) is 7.02. The highest BCUT2D eigenvalue weighted by atomic mass is 19.1. The Kier molecular flexibility index (Phi) is 4.64. The third-order valence-corrected chi connectivity index (χ3v) is 5.53. The van der Waals surface area contributed by atoms with Gasteiger partial charge in [-0.15, -0.1) is 0 Å². The summed E-state index contributed by atoms with van der Waals surface area (Å²) in [7, 11) is 1.52. The first-order valence-electron chi connectivity index (χ1n) is 9.35. The van der Waals surface area contributed by atoms with Gasteiger partial charge in [0, 0.05) is 29.4 Å². The molecule has 3 fully saturated rings. The normalized spacial score (nSPS) is 24.0. The van der Waals surface area contributed by atoms with Gasteiger partial charge in [0.05, 0.1) is 12.7 Å². The molecule has 3 aliphatic rings. The van der Waals surface area contributed by atoms with Crippen LogP contribution in [0.4, 0.5) is 4.39 Å². The zero-order chi connectivity index (χ0) is 20.6. The SMILES string of the molecule is COc1ccc(C(=O)NC23CC(NC(=O)COc4ccc(C)c(F)c4)(C2)C3)cn1. The minimum absolute atomic E-state index is 0.179. The maximum Gasteiger partial charge on any atom is 0.258 e. The summed E-state index contributed by atoms with van der Waals surface area (Å²) in [5, 5.41) is 6.01. The van der Waals surface area contributed by atoms with Gasteiger partial charge in [0.1, 0.15) is 11.6 Å². The second-order valence-electron chi connectivity index (χ2n) is 7.88. The maximum atomic E-state index is 13.5. The molecule has 1 aromatic heterocycles. The summed E-state index contributed by atoms with van der Waals surface area (Å²) in [6, 6.07) is 7.80. The van der Waals surface area contributed by atoms with Crippen molar-refractivity contribution in [1.29, 1.82) is 0 Å². The monoisotopic (exact) mass is 399 g/mol. The third kappa shape index (κ3) is 3.74. The first-order chi connectivity index (χ1) is 13.8. The maximum absolute atomic E-state index is 13.5. The predicted molar refractivity (Wildman–Crippen MR) is 102 cm³/mol. The summed E-state index contributed by atoms with van der Waals surface area (Å²) in [4.78, 5) is 28.6. The van der Waals surface area contributed by atoms with Crippen LogP contribution in [0.25, 0.3) is 0 Å². The van der Waals surface area contributed by atoms with Crippen LogP contribution in [0.1, 0.15) is 35.2 Å². The van der Waals surface area contributed by atoms with E-state index in [0.29, 0.717) is 42.0 Å². The van der Waals surface area contributed by atoms with Crippen LogP contribution in [0.5, 0.6) is 11.6 Å². The van der Waals surface area contributed by atoms with E-state index in [2.05, 4.69) is 15.6 Å². The Balaban J connectivity index is 1.23. The highest BCUT2D eigenvalue weighted by molar-refractivity contribution is 5.95. The molecule has 1 aromatic carbocycles. The van der Waals surface area contributed by atoms with Crippen LogP contribution < -0.4 is 20.1 Å². The van der Waals surface area contributed by atoms with E-state index in [1.165, 1.54) is 19.4 Å². The van der Waals surface area contributed by atoms with Crippen LogP contribution in [0.15, 0.2) is 36.5 Å². The first kappa shape index (κ1) is 19.2. The van der Waals surface area contributed by atoms with Crippen molar-refractivity contribution in [2.24, 2.45) is 0 Å². The van der Waals surface area contributed by atoms with Crippen LogP contribution in [0.2, 0.25) is 0 Å². The quantitative estimate of drug-likeness (QED) is 0.745. The number of ether oxygens (including phenoxy) is 2. The molecule has 2 amide bonds. The van der Waals surface area contributed by atoms with Crippen LogP contribution >= 0.6 is 0 Å². The second-order valence-corrected chi connectivity index (χ2v) is 7.88. The Morgan fingerprint density at radius 3 is 2.48 bits per heavy atom. The number of halogens is 1. The Hall–Kier alpha value is -3.16. The highest BCUT2D eigenvalue weighted by Gasteiger charge is 2.69. The molecule has 0 spiro atoms. The van der Waals surface area contributed by atoms with Crippen molar-refractivity contribution in [1.82, 2.24) is 15.6 Å². The van der Waals surface area contributed by atoms with Gasteiger partial charge in [-0.1, -0.05) is 6.07 Å². The molecule has 0 saturated heterocycles. The molecular formula is C21H22FN3O4. The standard InChI is InChI=1S/C21H22FN3O4/c1-13-3-5-15(7-16(13)22)29-9-17(26)24-20-10-21(11-20,12-20)25-19(27)14-4-6-18(28-2)23-8-14/h3-8H,9-12H2,1-2H3,(H,24,26)(H,25,27). The number of carbonyl (C=O) groups is 2. The Bertz CT molecular complexity index is 941. The van der Waals surface area contributed by atoms with Gasteiger partial charge >= 0.3 is 0 Å². The Morgan fingerprint density at radius 1 is 1.14 bits per heavy atom. The summed E-state index contributed by atoms with van der Waals surface area (Å²) in [5.74, 6) is -0.0523. The molecule has 2 aromatic rings. The fourth-order valence-electron chi connectivity index (χ4n) is 4.15. The van der Waals surface area contributed by atoms with E-state index in [9.17, 15) is 14.0 Å². The number of nitrogens with zero attached hydrogens (tertiary/aromatic N) is 1. The fraction of sp³-hybridized carbons (Fsp3) is 0.381. The zero-order valence-corrected chi connectivity index (χ0v) is 16.3. The van der Waals surface area contributed by atoms with Crippen molar-refractivity contribution in [3.05, 3.63) is 53.5 Å². The average molecular weight is 399 g/mol. The lowest BCUT2D eigenvalue weighted by Gasteiger charge is -2.70. The number of hydrogen-bond acceptors (Lipinski definition) is 5. The lowest BCUT2D eigenvalue weighted by atomic mass is 9.44. The number of aryl methyl sites for hydroxylation is 1. The summed E-state index contributed by atoms with van der Waals surface area (Å²) in [5.41, 5.74) is 0.427. The predicted octanol–water partition coefficient (Wildman–Crippen LogP) is 2.14. The molecule has 7 nitrogen and oxygen atoms in total. The highest BCUT2D eigenvalue weighted by Crippen LogP contribution is 2.60. The van der Waals surface area contributed by atoms with Crippen LogP contribution in [-0.2, 0) is 4.79 Å².